The van der Waals surface area contributed by atoms with E-state index in [4.69, 9.17) is 4.74 Å². The van der Waals surface area contributed by atoms with E-state index in [9.17, 15) is 0 Å². The highest BCUT2D eigenvalue weighted by molar-refractivity contribution is 5.79. The molecule has 0 amide bonds. The molecule has 0 aliphatic carbocycles. The molecular weight excluding hydrogens is 154 g/mol. The molecule has 1 aromatic heterocycles. The summed E-state index contributed by atoms with van der Waals surface area (Å²) in [6.07, 6.45) is 3.30. The van der Waals surface area contributed by atoms with Crippen molar-refractivity contribution in [2.45, 2.75) is 6.92 Å². The van der Waals surface area contributed by atoms with Gasteiger partial charge in [-0.15, -0.1) is 0 Å². The first-order valence-electron chi connectivity index (χ1n) is 3.57. The topological polar surface area (TPSA) is 47.4 Å². The SMILES string of the molecule is CN=Cc1ncc(C)nc1OC. The van der Waals surface area contributed by atoms with Gasteiger partial charge in [-0.3, -0.25) is 4.99 Å². The molecule has 1 heterocycles. The molecule has 0 spiro atoms. The van der Waals surface area contributed by atoms with E-state index in [0.29, 0.717) is 11.6 Å². The summed E-state index contributed by atoms with van der Waals surface area (Å²) in [7, 11) is 3.25. The van der Waals surface area contributed by atoms with E-state index >= 15 is 0 Å². The second kappa shape index (κ2) is 3.80. The van der Waals surface area contributed by atoms with Crippen LogP contribution in [0.25, 0.3) is 0 Å². The quantitative estimate of drug-likeness (QED) is 0.610. The number of methoxy groups -OCH3 is 1. The van der Waals surface area contributed by atoms with Gasteiger partial charge in [-0.1, -0.05) is 0 Å². The molecule has 0 aliphatic heterocycles. The fourth-order valence-corrected chi connectivity index (χ4v) is 0.826. The summed E-state index contributed by atoms with van der Waals surface area (Å²) in [5.74, 6) is 0.514. The van der Waals surface area contributed by atoms with Gasteiger partial charge in [-0.25, -0.2) is 9.97 Å². The molecule has 12 heavy (non-hydrogen) atoms. The Labute approximate surface area is 71.3 Å². The molecule has 4 nitrogen and oxygen atoms in total. The molecule has 0 aromatic carbocycles. The van der Waals surface area contributed by atoms with Crippen molar-refractivity contribution in [3.63, 3.8) is 0 Å². The van der Waals surface area contributed by atoms with E-state index in [0.717, 1.165) is 5.69 Å². The van der Waals surface area contributed by atoms with Crippen molar-refractivity contribution in [3.8, 4) is 5.88 Å². The van der Waals surface area contributed by atoms with Crippen LogP contribution in [-0.4, -0.2) is 30.3 Å². The number of rotatable bonds is 2. The summed E-state index contributed by atoms with van der Waals surface area (Å²) in [6.45, 7) is 1.86. The van der Waals surface area contributed by atoms with Gasteiger partial charge in [0.05, 0.1) is 19.0 Å². The summed E-state index contributed by atoms with van der Waals surface area (Å²) in [5.41, 5.74) is 1.49. The molecule has 64 valence electrons. The van der Waals surface area contributed by atoms with E-state index < -0.39 is 0 Å². The number of ether oxygens (including phenoxy) is 1. The van der Waals surface area contributed by atoms with Gasteiger partial charge in [0.15, 0.2) is 0 Å². The molecule has 0 atom stereocenters. The van der Waals surface area contributed by atoms with E-state index in [2.05, 4.69) is 15.0 Å². The first-order valence-corrected chi connectivity index (χ1v) is 3.57. The molecule has 0 saturated heterocycles. The number of hydrogen-bond donors (Lipinski definition) is 0. The van der Waals surface area contributed by atoms with Crippen LogP contribution in [-0.2, 0) is 0 Å². The maximum atomic E-state index is 5.01. The molecule has 0 N–H and O–H groups in total. The maximum Gasteiger partial charge on any atom is 0.241 e. The summed E-state index contributed by atoms with van der Waals surface area (Å²) in [6, 6.07) is 0. The lowest BCUT2D eigenvalue weighted by molar-refractivity contribution is 0.394. The van der Waals surface area contributed by atoms with Gasteiger partial charge in [-0.05, 0) is 6.92 Å². The number of aryl methyl sites for hydroxylation is 1. The smallest absolute Gasteiger partial charge is 0.241 e. The van der Waals surface area contributed by atoms with E-state index in [-0.39, 0.29) is 0 Å². The molecule has 0 unspecified atom stereocenters. The zero-order valence-electron chi connectivity index (χ0n) is 7.40. The van der Waals surface area contributed by atoms with Gasteiger partial charge >= 0.3 is 0 Å². The van der Waals surface area contributed by atoms with Gasteiger partial charge in [0.25, 0.3) is 0 Å². The summed E-state index contributed by atoms with van der Waals surface area (Å²) < 4.78 is 5.01. The minimum absolute atomic E-state index is 0.514. The average molecular weight is 165 g/mol. The van der Waals surface area contributed by atoms with Crippen molar-refractivity contribution in [2.24, 2.45) is 4.99 Å². The van der Waals surface area contributed by atoms with Crippen molar-refractivity contribution in [1.29, 1.82) is 0 Å². The number of aliphatic imine (C=N–C) groups is 1. The first kappa shape index (κ1) is 8.64. The van der Waals surface area contributed by atoms with Gasteiger partial charge in [0, 0.05) is 13.2 Å². The fourth-order valence-electron chi connectivity index (χ4n) is 0.826. The Balaban J connectivity index is 3.10. The van der Waals surface area contributed by atoms with Gasteiger partial charge in [0.1, 0.15) is 5.69 Å². The minimum Gasteiger partial charge on any atom is -0.479 e. The van der Waals surface area contributed by atoms with Crippen molar-refractivity contribution < 1.29 is 4.74 Å². The minimum atomic E-state index is 0.514. The van der Waals surface area contributed by atoms with Crippen molar-refractivity contribution in [2.75, 3.05) is 14.2 Å². The molecule has 0 aliphatic rings. The fraction of sp³-hybridized carbons (Fsp3) is 0.375. The number of nitrogens with zero attached hydrogens (tertiary/aromatic N) is 3. The van der Waals surface area contributed by atoms with E-state index in [1.54, 1.807) is 26.6 Å². The van der Waals surface area contributed by atoms with Crippen LogP contribution in [0.3, 0.4) is 0 Å². The Bertz CT molecular complexity index is 296. The standard InChI is InChI=1S/C8H11N3O/c1-6-4-10-7(5-9-2)8(11-6)12-3/h4-5H,1-3H3. The van der Waals surface area contributed by atoms with E-state index in [1.807, 2.05) is 6.92 Å². The summed E-state index contributed by atoms with van der Waals surface area (Å²) in [5, 5.41) is 0. The molecule has 1 aromatic rings. The van der Waals surface area contributed by atoms with Gasteiger partial charge in [0.2, 0.25) is 5.88 Å². The highest BCUT2D eigenvalue weighted by atomic mass is 16.5. The first-order chi connectivity index (χ1) is 5.77. The molecule has 0 saturated carbocycles. The lowest BCUT2D eigenvalue weighted by Gasteiger charge is -2.01. The largest absolute Gasteiger partial charge is 0.479 e. The molecule has 0 bridgehead atoms. The molecule has 4 heteroatoms. The average Bonchev–Trinajstić information content (AvgIpc) is 2.08. The Morgan fingerprint density at radius 2 is 2.33 bits per heavy atom. The van der Waals surface area contributed by atoms with Crippen LogP contribution in [0.15, 0.2) is 11.2 Å². The summed E-state index contributed by atoms with van der Waals surface area (Å²) in [4.78, 5) is 12.1. The van der Waals surface area contributed by atoms with Gasteiger partial charge in [-0.2, -0.15) is 0 Å². The number of hydrogen-bond acceptors (Lipinski definition) is 4. The molecular formula is C8H11N3O. The predicted octanol–water partition coefficient (Wildman–Crippen LogP) is 0.842. The van der Waals surface area contributed by atoms with E-state index in [1.165, 1.54) is 0 Å². The second-order valence-electron chi connectivity index (χ2n) is 2.29. The Morgan fingerprint density at radius 1 is 1.58 bits per heavy atom. The van der Waals surface area contributed by atoms with Crippen LogP contribution < -0.4 is 4.74 Å². The Kier molecular flexibility index (Phi) is 2.74. The van der Waals surface area contributed by atoms with Crippen molar-refractivity contribution in [1.82, 2.24) is 9.97 Å². The third-order valence-corrected chi connectivity index (χ3v) is 1.33. The van der Waals surface area contributed by atoms with Crippen LogP contribution in [0.5, 0.6) is 5.88 Å². The van der Waals surface area contributed by atoms with Crippen LogP contribution in [0, 0.1) is 6.92 Å². The number of aromatic nitrogens is 2. The zero-order chi connectivity index (χ0) is 8.97. The third-order valence-electron chi connectivity index (χ3n) is 1.33. The highest BCUT2D eigenvalue weighted by Crippen LogP contribution is 2.09. The predicted molar refractivity (Wildman–Crippen MR) is 46.8 cm³/mol. The molecule has 0 radical (unpaired) electrons. The zero-order valence-corrected chi connectivity index (χ0v) is 7.40. The van der Waals surface area contributed by atoms with Crippen molar-refractivity contribution in [3.05, 3.63) is 17.6 Å². The second-order valence-corrected chi connectivity index (χ2v) is 2.29. The van der Waals surface area contributed by atoms with Crippen LogP contribution in [0.2, 0.25) is 0 Å². The maximum absolute atomic E-state index is 5.01. The van der Waals surface area contributed by atoms with Crippen LogP contribution in [0.1, 0.15) is 11.4 Å². The normalized spacial score (nSPS) is 10.6. The molecule has 1 rings (SSSR count). The van der Waals surface area contributed by atoms with Crippen LogP contribution >= 0.6 is 0 Å². The Morgan fingerprint density at radius 3 is 2.92 bits per heavy atom. The lowest BCUT2D eigenvalue weighted by Crippen LogP contribution is -1.98. The molecule has 0 fully saturated rings. The van der Waals surface area contributed by atoms with Crippen LogP contribution in [0.4, 0.5) is 0 Å². The van der Waals surface area contributed by atoms with Crippen molar-refractivity contribution >= 4 is 6.21 Å². The lowest BCUT2D eigenvalue weighted by atomic mass is 10.4. The Hall–Kier alpha value is -1.45. The third kappa shape index (κ3) is 1.78. The summed E-state index contributed by atoms with van der Waals surface area (Å²) >= 11 is 0. The monoisotopic (exact) mass is 165 g/mol. The van der Waals surface area contributed by atoms with Gasteiger partial charge < -0.3 is 4.74 Å². The highest BCUT2D eigenvalue weighted by Gasteiger charge is 2.02.